The van der Waals surface area contributed by atoms with Crippen molar-refractivity contribution in [2.45, 2.75) is 33.7 Å². The minimum Gasteiger partial charge on any atom is -0.444 e. The lowest BCUT2D eigenvalue weighted by atomic mass is 9.87. The van der Waals surface area contributed by atoms with Crippen molar-refractivity contribution in [3.05, 3.63) is 22.6 Å². The number of carbonyl (C=O) groups excluding carboxylic acids is 1. The van der Waals surface area contributed by atoms with Gasteiger partial charge in [-0.1, -0.05) is 20.8 Å². The topological polar surface area (TPSA) is 33.5 Å². The molecule has 1 aromatic heterocycles. The summed E-state index contributed by atoms with van der Waals surface area (Å²) in [5.41, 5.74) is 0.0498. The summed E-state index contributed by atoms with van der Waals surface area (Å²) in [6.45, 7) is 8.37. The second-order valence-electron chi connectivity index (χ2n) is 5.06. The summed E-state index contributed by atoms with van der Waals surface area (Å²) in [7, 11) is 1.80. The van der Waals surface area contributed by atoms with Gasteiger partial charge in [-0.25, -0.2) is 0 Å². The van der Waals surface area contributed by atoms with Gasteiger partial charge in [-0.15, -0.1) is 0 Å². The molecule has 4 heteroatoms. The third-order valence-electron chi connectivity index (χ3n) is 2.94. The lowest BCUT2D eigenvalue weighted by molar-refractivity contribution is 0.0596. The van der Waals surface area contributed by atoms with Crippen LogP contribution < -0.4 is 0 Å². The number of halogens is 1. The van der Waals surface area contributed by atoms with Crippen molar-refractivity contribution >= 4 is 21.8 Å². The Morgan fingerprint density at radius 2 is 2.00 bits per heavy atom. The Hall–Kier alpha value is -0.770. The zero-order valence-corrected chi connectivity index (χ0v) is 12.0. The molecular weight excluding hydrogens is 270 g/mol. The lowest BCUT2D eigenvalue weighted by Gasteiger charge is -2.34. The van der Waals surface area contributed by atoms with E-state index in [0.717, 1.165) is 0 Å². The van der Waals surface area contributed by atoms with Crippen molar-refractivity contribution in [2.75, 3.05) is 7.05 Å². The number of rotatable bonds is 2. The largest absolute Gasteiger partial charge is 0.444 e. The number of furan rings is 1. The molecule has 0 spiro atoms. The number of amides is 1. The van der Waals surface area contributed by atoms with Crippen LogP contribution in [0.1, 0.15) is 38.2 Å². The van der Waals surface area contributed by atoms with Gasteiger partial charge in [0.2, 0.25) is 0 Å². The Morgan fingerprint density at radius 3 is 2.38 bits per heavy atom. The van der Waals surface area contributed by atoms with E-state index < -0.39 is 0 Å². The quantitative estimate of drug-likeness (QED) is 0.834. The summed E-state index contributed by atoms with van der Waals surface area (Å²) >= 11 is 3.19. The number of carbonyl (C=O) groups is 1. The van der Waals surface area contributed by atoms with Gasteiger partial charge in [0.25, 0.3) is 5.91 Å². The Labute approximate surface area is 105 Å². The van der Waals surface area contributed by atoms with Gasteiger partial charge >= 0.3 is 0 Å². The summed E-state index contributed by atoms with van der Waals surface area (Å²) in [4.78, 5) is 13.8. The Bertz CT molecular complexity index is 379. The minimum absolute atomic E-state index is 0.0498. The number of hydrogen-bond donors (Lipinski definition) is 0. The first-order valence-corrected chi connectivity index (χ1v) is 6.05. The smallest absolute Gasteiger partial charge is 0.289 e. The molecule has 0 bridgehead atoms. The third-order valence-corrected chi connectivity index (χ3v) is 3.36. The zero-order valence-electron chi connectivity index (χ0n) is 10.4. The van der Waals surface area contributed by atoms with Crippen LogP contribution in [0.2, 0.25) is 0 Å². The molecule has 0 radical (unpaired) electrons. The second kappa shape index (κ2) is 4.62. The number of hydrogen-bond acceptors (Lipinski definition) is 2. The summed E-state index contributed by atoms with van der Waals surface area (Å²) < 4.78 is 5.83. The fourth-order valence-corrected chi connectivity index (χ4v) is 1.67. The van der Waals surface area contributed by atoms with E-state index in [-0.39, 0.29) is 17.4 Å². The first-order chi connectivity index (χ1) is 7.23. The van der Waals surface area contributed by atoms with Gasteiger partial charge in [0.05, 0.1) is 0 Å². The highest BCUT2D eigenvalue weighted by atomic mass is 79.9. The molecule has 1 rings (SSSR count). The molecule has 0 saturated carbocycles. The summed E-state index contributed by atoms with van der Waals surface area (Å²) in [6, 6.07) is 3.55. The minimum atomic E-state index is -0.0897. The maximum Gasteiger partial charge on any atom is 0.289 e. The van der Waals surface area contributed by atoms with Crippen molar-refractivity contribution in [1.29, 1.82) is 0 Å². The average molecular weight is 288 g/mol. The highest BCUT2D eigenvalue weighted by molar-refractivity contribution is 9.10. The normalized spacial score (nSPS) is 13.6. The Balaban J connectivity index is 2.83. The molecule has 16 heavy (non-hydrogen) atoms. The van der Waals surface area contributed by atoms with Gasteiger partial charge in [-0.05, 0) is 40.4 Å². The van der Waals surface area contributed by atoms with Gasteiger partial charge < -0.3 is 9.32 Å². The molecule has 1 heterocycles. The van der Waals surface area contributed by atoms with Crippen LogP contribution in [0.15, 0.2) is 21.2 Å². The van der Waals surface area contributed by atoms with Crippen LogP contribution in [0.5, 0.6) is 0 Å². The van der Waals surface area contributed by atoms with Crippen LogP contribution >= 0.6 is 15.9 Å². The zero-order chi connectivity index (χ0) is 12.5. The molecule has 0 aliphatic rings. The van der Waals surface area contributed by atoms with Gasteiger partial charge in [-0.3, -0.25) is 4.79 Å². The highest BCUT2D eigenvalue weighted by Gasteiger charge is 2.28. The maximum absolute atomic E-state index is 12.1. The fraction of sp³-hybridized carbons (Fsp3) is 0.583. The Kier molecular flexibility index (Phi) is 3.84. The predicted molar refractivity (Wildman–Crippen MR) is 67.4 cm³/mol. The van der Waals surface area contributed by atoms with E-state index in [2.05, 4.69) is 36.7 Å². The molecule has 0 aliphatic carbocycles. The molecule has 1 atom stereocenters. The molecule has 3 nitrogen and oxygen atoms in total. The van der Waals surface area contributed by atoms with Gasteiger partial charge in [-0.2, -0.15) is 0 Å². The molecule has 1 unspecified atom stereocenters. The lowest BCUT2D eigenvalue weighted by Crippen LogP contribution is -2.42. The number of nitrogens with zero attached hydrogens (tertiary/aromatic N) is 1. The van der Waals surface area contributed by atoms with E-state index in [0.29, 0.717) is 10.4 Å². The van der Waals surface area contributed by atoms with E-state index in [4.69, 9.17) is 4.42 Å². The molecule has 0 aliphatic heterocycles. The van der Waals surface area contributed by atoms with Crippen LogP contribution in [0.3, 0.4) is 0 Å². The van der Waals surface area contributed by atoms with Gasteiger partial charge in [0.1, 0.15) is 0 Å². The third kappa shape index (κ3) is 2.88. The van der Waals surface area contributed by atoms with Crippen LogP contribution in [0.25, 0.3) is 0 Å². The average Bonchev–Trinajstić information content (AvgIpc) is 2.60. The van der Waals surface area contributed by atoms with Crippen LogP contribution in [0.4, 0.5) is 0 Å². The van der Waals surface area contributed by atoms with E-state index >= 15 is 0 Å². The van der Waals surface area contributed by atoms with E-state index in [9.17, 15) is 4.79 Å². The summed E-state index contributed by atoms with van der Waals surface area (Å²) in [6.07, 6.45) is 0. The molecular formula is C12H18BrNO2. The van der Waals surface area contributed by atoms with Crippen molar-refractivity contribution < 1.29 is 9.21 Å². The van der Waals surface area contributed by atoms with Crippen molar-refractivity contribution in [1.82, 2.24) is 4.90 Å². The van der Waals surface area contributed by atoms with E-state index in [1.807, 2.05) is 6.92 Å². The van der Waals surface area contributed by atoms with Crippen molar-refractivity contribution in [3.8, 4) is 0 Å². The fourth-order valence-electron chi connectivity index (χ4n) is 1.36. The first kappa shape index (κ1) is 13.3. The van der Waals surface area contributed by atoms with Crippen LogP contribution in [-0.2, 0) is 0 Å². The highest BCUT2D eigenvalue weighted by Crippen LogP contribution is 2.25. The van der Waals surface area contributed by atoms with Crippen LogP contribution in [-0.4, -0.2) is 23.9 Å². The molecule has 0 aromatic carbocycles. The summed E-state index contributed by atoms with van der Waals surface area (Å²) in [5, 5.41) is 0. The summed E-state index contributed by atoms with van der Waals surface area (Å²) in [5.74, 6) is 0.276. The van der Waals surface area contributed by atoms with E-state index in [1.165, 1.54) is 0 Å². The molecule has 0 fully saturated rings. The molecule has 90 valence electrons. The monoisotopic (exact) mass is 287 g/mol. The van der Waals surface area contributed by atoms with E-state index in [1.54, 1.807) is 24.1 Å². The molecule has 0 N–H and O–H groups in total. The van der Waals surface area contributed by atoms with Crippen molar-refractivity contribution in [2.24, 2.45) is 5.41 Å². The second-order valence-corrected chi connectivity index (χ2v) is 5.84. The Morgan fingerprint density at radius 1 is 1.44 bits per heavy atom. The maximum atomic E-state index is 12.1. The molecule has 1 amide bonds. The molecule has 1 aromatic rings. The predicted octanol–water partition coefficient (Wildman–Crippen LogP) is 3.55. The van der Waals surface area contributed by atoms with Crippen LogP contribution in [0, 0.1) is 5.41 Å². The van der Waals surface area contributed by atoms with Gasteiger partial charge in [0, 0.05) is 13.1 Å². The van der Waals surface area contributed by atoms with Crippen molar-refractivity contribution in [3.63, 3.8) is 0 Å². The standard InChI is InChI=1S/C12H18BrNO2/c1-8(12(2,3)4)14(5)11(15)9-6-7-10(13)16-9/h6-8H,1-5H3. The van der Waals surface area contributed by atoms with Gasteiger partial charge in [0.15, 0.2) is 10.4 Å². The SMILES string of the molecule is CC(N(C)C(=O)c1ccc(Br)o1)C(C)(C)C. The molecule has 0 saturated heterocycles. The first-order valence-electron chi connectivity index (χ1n) is 5.26.